The number of aromatic nitrogens is 2. The molecular weight excluding hydrogens is 321 g/mol. The lowest BCUT2D eigenvalue weighted by Crippen LogP contribution is -2.08. The number of anilines is 1. The first-order valence-corrected chi connectivity index (χ1v) is 7.56. The molecule has 20 heavy (non-hydrogen) atoms. The van der Waals surface area contributed by atoms with Gasteiger partial charge in [0.15, 0.2) is 0 Å². The summed E-state index contributed by atoms with van der Waals surface area (Å²) in [6.45, 7) is 7.01. The first-order valence-electron chi connectivity index (χ1n) is 6.77. The van der Waals surface area contributed by atoms with E-state index in [1.165, 1.54) is 6.07 Å². The lowest BCUT2D eigenvalue weighted by atomic mass is 10.1. The van der Waals surface area contributed by atoms with Gasteiger partial charge >= 0.3 is 0 Å². The van der Waals surface area contributed by atoms with Crippen LogP contribution >= 0.6 is 15.9 Å². The van der Waals surface area contributed by atoms with Crippen LogP contribution < -0.4 is 5.73 Å². The van der Waals surface area contributed by atoms with Crippen LogP contribution in [0.3, 0.4) is 0 Å². The van der Waals surface area contributed by atoms with Gasteiger partial charge in [-0.1, -0.05) is 36.7 Å². The zero-order valence-electron chi connectivity index (χ0n) is 12.0. The lowest BCUT2D eigenvalue weighted by Gasteiger charge is -2.10. The Hall–Kier alpha value is -1.36. The van der Waals surface area contributed by atoms with Gasteiger partial charge in [-0.25, -0.2) is 9.37 Å². The van der Waals surface area contributed by atoms with E-state index in [1.54, 1.807) is 12.1 Å². The third-order valence-corrected chi connectivity index (χ3v) is 3.68. The average molecular weight is 340 g/mol. The largest absolute Gasteiger partial charge is 0.383 e. The summed E-state index contributed by atoms with van der Waals surface area (Å²) in [4.78, 5) is 4.58. The van der Waals surface area contributed by atoms with Crippen LogP contribution in [0, 0.1) is 5.82 Å². The van der Waals surface area contributed by atoms with Crippen LogP contribution in [0.4, 0.5) is 10.2 Å². The molecule has 0 aliphatic carbocycles. The van der Waals surface area contributed by atoms with Gasteiger partial charge in [0, 0.05) is 22.5 Å². The van der Waals surface area contributed by atoms with Gasteiger partial charge in [-0.2, -0.15) is 0 Å². The summed E-state index contributed by atoms with van der Waals surface area (Å²) < 4.78 is 16.8. The fourth-order valence-corrected chi connectivity index (χ4v) is 2.62. The maximum absolute atomic E-state index is 14.0. The minimum Gasteiger partial charge on any atom is -0.383 e. The van der Waals surface area contributed by atoms with Gasteiger partial charge in [0.1, 0.15) is 23.2 Å². The standard InChI is InChI=1S/C15H19BrFN3/c1-4-7-20-14(18)13(19-15(20)9(2)3)11-8-10(16)5-6-12(11)17/h5-6,8-9H,4,7,18H2,1-3H3. The van der Waals surface area contributed by atoms with Crippen molar-refractivity contribution in [1.82, 2.24) is 9.55 Å². The van der Waals surface area contributed by atoms with Gasteiger partial charge in [-0.05, 0) is 24.6 Å². The number of hydrogen-bond donors (Lipinski definition) is 1. The number of nitrogen functional groups attached to an aromatic ring is 1. The summed E-state index contributed by atoms with van der Waals surface area (Å²) in [6, 6.07) is 4.81. The molecule has 2 N–H and O–H groups in total. The molecule has 0 aliphatic rings. The maximum Gasteiger partial charge on any atom is 0.132 e. The van der Waals surface area contributed by atoms with E-state index in [-0.39, 0.29) is 11.7 Å². The van der Waals surface area contributed by atoms with E-state index in [4.69, 9.17) is 5.73 Å². The summed E-state index contributed by atoms with van der Waals surface area (Å²) >= 11 is 3.36. The van der Waals surface area contributed by atoms with Crippen molar-refractivity contribution in [2.75, 3.05) is 5.73 Å². The molecule has 3 nitrogen and oxygen atoms in total. The van der Waals surface area contributed by atoms with Crippen molar-refractivity contribution in [2.24, 2.45) is 0 Å². The van der Waals surface area contributed by atoms with Gasteiger partial charge in [0.25, 0.3) is 0 Å². The predicted molar refractivity (Wildman–Crippen MR) is 84.1 cm³/mol. The Kier molecular flexibility index (Phi) is 4.48. The van der Waals surface area contributed by atoms with Crippen LogP contribution in [0.2, 0.25) is 0 Å². The van der Waals surface area contributed by atoms with E-state index in [9.17, 15) is 4.39 Å². The van der Waals surface area contributed by atoms with E-state index in [0.717, 1.165) is 23.3 Å². The lowest BCUT2D eigenvalue weighted by molar-refractivity contribution is 0.616. The first-order chi connectivity index (χ1) is 9.45. The van der Waals surface area contributed by atoms with Crippen molar-refractivity contribution in [2.45, 2.75) is 39.7 Å². The van der Waals surface area contributed by atoms with E-state index in [1.807, 2.05) is 4.57 Å². The number of nitrogens with two attached hydrogens (primary N) is 1. The number of imidazole rings is 1. The molecule has 0 aliphatic heterocycles. The molecule has 5 heteroatoms. The Morgan fingerprint density at radius 1 is 1.40 bits per heavy atom. The highest BCUT2D eigenvalue weighted by atomic mass is 79.9. The van der Waals surface area contributed by atoms with Crippen LogP contribution in [0.1, 0.15) is 38.9 Å². The molecule has 1 heterocycles. The molecule has 108 valence electrons. The molecule has 0 bridgehead atoms. The molecule has 1 aromatic carbocycles. The van der Waals surface area contributed by atoms with Crippen LogP contribution in [0.25, 0.3) is 11.3 Å². The monoisotopic (exact) mass is 339 g/mol. The second-order valence-electron chi connectivity index (χ2n) is 5.13. The Morgan fingerprint density at radius 2 is 2.10 bits per heavy atom. The summed E-state index contributed by atoms with van der Waals surface area (Å²) in [5.41, 5.74) is 7.16. The molecule has 1 aromatic heterocycles. The molecule has 0 fully saturated rings. The fraction of sp³-hybridized carbons (Fsp3) is 0.400. The highest BCUT2D eigenvalue weighted by Crippen LogP contribution is 2.32. The van der Waals surface area contributed by atoms with Gasteiger partial charge in [-0.3, -0.25) is 0 Å². The van der Waals surface area contributed by atoms with Crippen LogP contribution in [0.5, 0.6) is 0 Å². The van der Waals surface area contributed by atoms with Crippen molar-refractivity contribution in [3.63, 3.8) is 0 Å². The molecule has 0 saturated carbocycles. The summed E-state index contributed by atoms with van der Waals surface area (Å²) in [7, 11) is 0. The van der Waals surface area contributed by atoms with Gasteiger partial charge in [0.2, 0.25) is 0 Å². The minimum absolute atomic E-state index is 0.243. The number of nitrogens with zero attached hydrogens (tertiary/aromatic N) is 2. The zero-order chi connectivity index (χ0) is 14.9. The van der Waals surface area contributed by atoms with Crippen molar-refractivity contribution in [1.29, 1.82) is 0 Å². The zero-order valence-corrected chi connectivity index (χ0v) is 13.5. The molecule has 0 radical (unpaired) electrons. The second kappa shape index (κ2) is 5.95. The first kappa shape index (κ1) is 15.0. The number of halogens is 2. The maximum atomic E-state index is 14.0. The Bertz CT molecular complexity index is 620. The van der Waals surface area contributed by atoms with Crippen LogP contribution in [-0.4, -0.2) is 9.55 Å². The third kappa shape index (κ3) is 2.73. The molecule has 0 spiro atoms. The van der Waals surface area contributed by atoms with Gasteiger partial charge < -0.3 is 10.3 Å². The Morgan fingerprint density at radius 3 is 2.70 bits per heavy atom. The highest BCUT2D eigenvalue weighted by molar-refractivity contribution is 9.10. The van der Waals surface area contributed by atoms with E-state index >= 15 is 0 Å². The summed E-state index contributed by atoms with van der Waals surface area (Å²) in [6.07, 6.45) is 0.959. The van der Waals surface area contributed by atoms with E-state index in [2.05, 4.69) is 41.7 Å². The van der Waals surface area contributed by atoms with Crippen LogP contribution in [0.15, 0.2) is 22.7 Å². The molecule has 0 saturated heterocycles. The molecule has 0 unspecified atom stereocenters. The quantitative estimate of drug-likeness (QED) is 0.886. The third-order valence-electron chi connectivity index (χ3n) is 3.18. The van der Waals surface area contributed by atoms with Crippen LogP contribution in [-0.2, 0) is 6.54 Å². The normalized spacial score (nSPS) is 11.3. The number of benzene rings is 1. The SMILES string of the molecule is CCCn1c(C(C)C)nc(-c2cc(Br)ccc2F)c1N. The molecular formula is C15H19BrFN3. The van der Waals surface area contributed by atoms with Gasteiger partial charge in [-0.15, -0.1) is 0 Å². The molecule has 0 amide bonds. The van der Waals surface area contributed by atoms with Crippen molar-refractivity contribution in [3.8, 4) is 11.3 Å². The smallest absolute Gasteiger partial charge is 0.132 e. The highest BCUT2D eigenvalue weighted by Gasteiger charge is 2.20. The summed E-state index contributed by atoms with van der Waals surface area (Å²) in [5.74, 6) is 1.37. The van der Waals surface area contributed by atoms with E-state index < -0.39 is 0 Å². The molecule has 2 aromatic rings. The molecule has 0 atom stereocenters. The number of rotatable bonds is 4. The summed E-state index contributed by atoms with van der Waals surface area (Å²) in [5, 5.41) is 0. The minimum atomic E-state index is -0.309. The predicted octanol–water partition coefficient (Wildman–Crippen LogP) is 4.57. The van der Waals surface area contributed by atoms with Crippen molar-refractivity contribution in [3.05, 3.63) is 34.3 Å². The van der Waals surface area contributed by atoms with Gasteiger partial charge in [0.05, 0.1) is 0 Å². The second-order valence-corrected chi connectivity index (χ2v) is 6.05. The Balaban J connectivity index is 2.63. The Labute approximate surface area is 127 Å². The van der Waals surface area contributed by atoms with E-state index in [0.29, 0.717) is 17.1 Å². The molecule has 2 rings (SSSR count). The average Bonchev–Trinajstić information content (AvgIpc) is 2.71. The van der Waals surface area contributed by atoms with Crippen molar-refractivity contribution < 1.29 is 4.39 Å². The van der Waals surface area contributed by atoms with Crippen molar-refractivity contribution >= 4 is 21.7 Å². The number of hydrogen-bond acceptors (Lipinski definition) is 2. The fourth-order valence-electron chi connectivity index (χ4n) is 2.26. The topological polar surface area (TPSA) is 43.8 Å².